The topological polar surface area (TPSA) is 24.7 Å². The first kappa shape index (κ1) is 20.0. The summed E-state index contributed by atoms with van der Waals surface area (Å²) >= 11 is 0. The average molecular weight is 360 g/mol. The van der Waals surface area contributed by atoms with Crippen molar-refractivity contribution in [3.63, 3.8) is 0 Å². The van der Waals surface area contributed by atoms with E-state index in [-0.39, 0.29) is 18.3 Å². The van der Waals surface area contributed by atoms with Gasteiger partial charge in [0, 0.05) is 5.92 Å². The first-order valence-corrected chi connectivity index (χ1v) is 9.33. The number of rotatable bonds is 5. The van der Waals surface area contributed by atoms with Crippen LogP contribution in [0.1, 0.15) is 43.0 Å². The van der Waals surface area contributed by atoms with Gasteiger partial charge in [0.15, 0.2) is 0 Å². The Kier molecular flexibility index (Phi) is 6.67. The van der Waals surface area contributed by atoms with Gasteiger partial charge in [0.2, 0.25) is 0 Å². The van der Waals surface area contributed by atoms with Gasteiger partial charge in [-0.2, -0.15) is 0 Å². The highest BCUT2D eigenvalue weighted by molar-refractivity contribution is 5.48. The van der Waals surface area contributed by atoms with E-state index in [0.717, 1.165) is 43.6 Å². The van der Waals surface area contributed by atoms with Crippen LogP contribution in [0, 0.1) is 5.92 Å². The van der Waals surface area contributed by atoms with Crippen molar-refractivity contribution in [2.24, 2.45) is 5.92 Å². The molecule has 3 rings (SSSR count). The third-order valence-corrected chi connectivity index (χ3v) is 5.83. The monoisotopic (exact) mass is 359 g/mol. The van der Waals surface area contributed by atoms with Gasteiger partial charge in [0.25, 0.3) is 0 Å². The van der Waals surface area contributed by atoms with E-state index in [2.05, 4.69) is 69.3 Å². The molecule has 0 amide bonds. The molecule has 0 saturated carbocycles. The van der Waals surface area contributed by atoms with Gasteiger partial charge >= 0.3 is 0 Å². The molecule has 0 radical (unpaired) electrons. The molecule has 0 aliphatic heterocycles. The molecule has 0 aromatic heterocycles. The number of benzene rings is 2. The number of aryl methyl sites for hydroxylation is 2. The lowest BCUT2D eigenvalue weighted by Crippen LogP contribution is -3.12. The lowest BCUT2D eigenvalue weighted by Gasteiger charge is -2.37. The molecule has 2 N–H and O–H groups in total. The summed E-state index contributed by atoms with van der Waals surface area (Å²) in [6.45, 7) is 9.84. The second-order valence-electron chi connectivity index (χ2n) is 7.14. The van der Waals surface area contributed by atoms with Crippen LogP contribution in [0.25, 0.3) is 0 Å². The Morgan fingerprint density at radius 2 is 1.36 bits per heavy atom. The maximum Gasteiger partial charge on any atom is 0.123 e. The molecule has 3 heteroatoms. The highest BCUT2D eigenvalue weighted by atomic mass is 35.5. The van der Waals surface area contributed by atoms with Gasteiger partial charge in [-0.1, -0.05) is 55.5 Å². The van der Waals surface area contributed by atoms with Crippen LogP contribution in [0.4, 0.5) is 0 Å². The zero-order valence-corrected chi connectivity index (χ0v) is 16.3. The third-order valence-electron chi connectivity index (χ3n) is 5.83. The number of quaternary nitrogens is 1. The molecule has 0 heterocycles. The van der Waals surface area contributed by atoms with E-state index in [1.54, 1.807) is 0 Å². The van der Waals surface area contributed by atoms with Crippen LogP contribution in [0.2, 0.25) is 0 Å². The molecule has 1 atom stereocenters. The highest BCUT2D eigenvalue weighted by Crippen LogP contribution is 2.42. The summed E-state index contributed by atoms with van der Waals surface area (Å²) in [5, 5.41) is 12.1. The Morgan fingerprint density at radius 3 is 1.80 bits per heavy atom. The van der Waals surface area contributed by atoms with Crippen LogP contribution in [-0.4, -0.2) is 24.7 Å². The fraction of sp³-hybridized carbons (Fsp3) is 0.455. The summed E-state index contributed by atoms with van der Waals surface area (Å²) in [7, 11) is 0. The summed E-state index contributed by atoms with van der Waals surface area (Å²) < 4.78 is 0. The SMILES string of the molecule is CC[NH+](CC)CC(C)C1(O)c2ccccc2CCc2ccccc21.[Cl-]. The minimum absolute atomic E-state index is 0. The van der Waals surface area contributed by atoms with Crippen LogP contribution in [0.15, 0.2) is 48.5 Å². The van der Waals surface area contributed by atoms with Crippen molar-refractivity contribution in [3.05, 3.63) is 70.8 Å². The highest BCUT2D eigenvalue weighted by Gasteiger charge is 2.43. The maximum absolute atomic E-state index is 12.1. The van der Waals surface area contributed by atoms with E-state index < -0.39 is 5.60 Å². The van der Waals surface area contributed by atoms with Crippen molar-refractivity contribution >= 4 is 0 Å². The van der Waals surface area contributed by atoms with Crippen molar-refractivity contribution in [2.45, 2.75) is 39.2 Å². The summed E-state index contributed by atoms with van der Waals surface area (Å²) in [6.07, 6.45) is 2.00. The fourth-order valence-corrected chi connectivity index (χ4v) is 4.29. The molecule has 0 spiro atoms. The van der Waals surface area contributed by atoms with Crippen molar-refractivity contribution in [1.82, 2.24) is 0 Å². The second kappa shape index (κ2) is 8.35. The molecule has 25 heavy (non-hydrogen) atoms. The lowest BCUT2D eigenvalue weighted by atomic mass is 9.74. The van der Waals surface area contributed by atoms with Gasteiger partial charge in [-0.05, 0) is 48.9 Å². The summed E-state index contributed by atoms with van der Waals surface area (Å²) in [6, 6.07) is 16.9. The molecular formula is C22H30ClNO. The van der Waals surface area contributed by atoms with Crippen molar-refractivity contribution in [1.29, 1.82) is 0 Å². The van der Waals surface area contributed by atoms with Crippen LogP contribution in [0.3, 0.4) is 0 Å². The van der Waals surface area contributed by atoms with E-state index in [1.807, 2.05) is 0 Å². The predicted octanol–water partition coefficient (Wildman–Crippen LogP) is -0.414. The summed E-state index contributed by atoms with van der Waals surface area (Å²) in [5.74, 6) is 0.160. The minimum Gasteiger partial charge on any atom is -1.00 e. The van der Waals surface area contributed by atoms with E-state index in [4.69, 9.17) is 0 Å². The molecule has 2 aromatic carbocycles. The quantitative estimate of drug-likeness (QED) is 0.745. The molecule has 2 nitrogen and oxygen atoms in total. The van der Waals surface area contributed by atoms with Crippen molar-refractivity contribution < 1.29 is 22.4 Å². The number of aliphatic hydroxyl groups is 1. The van der Waals surface area contributed by atoms with Gasteiger partial charge in [-0.25, -0.2) is 0 Å². The molecule has 0 bridgehead atoms. The Labute approximate surface area is 158 Å². The first-order chi connectivity index (χ1) is 11.6. The zero-order valence-electron chi connectivity index (χ0n) is 15.6. The standard InChI is InChI=1S/C22H29NO.ClH/c1-4-23(5-2)16-17(3)22(24)20-12-8-6-10-18(20)14-15-19-11-7-9-13-21(19)22;/h6-13,17,24H,4-5,14-16H2,1-3H3;1H. The van der Waals surface area contributed by atoms with Crippen LogP contribution < -0.4 is 17.3 Å². The van der Waals surface area contributed by atoms with Crippen molar-refractivity contribution in [2.75, 3.05) is 19.6 Å². The number of hydrogen-bond donors (Lipinski definition) is 2. The molecule has 136 valence electrons. The summed E-state index contributed by atoms with van der Waals surface area (Å²) in [5.41, 5.74) is 3.89. The minimum atomic E-state index is -0.903. The maximum atomic E-state index is 12.1. The number of halogens is 1. The van der Waals surface area contributed by atoms with Gasteiger partial charge in [-0.15, -0.1) is 0 Å². The molecule has 0 fully saturated rings. The van der Waals surface area contributed by atoms with Crippen LogP contribution >= 0.6 is 0 Å². The molecular weight excluding hydrogens is 330 g/mol. The Balaban J connectivity index is 0.00000225. The van der Waals surface area contributed by atoms with E-state index in [9.17, 15) is 5.11 Å². The fourth-order valence-electron chi connectivity index (χ4n) is 4.29. The molecule has 2 aromatic rings. The van der Waals surface area contributed by atoms with E-state index >= 15 is 0 Å². The van der Waals surface area contributed by atoms with E-state index in [1.165, 1.54) is 16.0 Å². The van der Waals surface area contributed by atoms with E-state index in [0.29, 0.717) is 0 Å². The van der Waals surface area contributed by atoms with Crippen molar-refractivity contribution in [3.8, 4) is 0 Å². The Bertz CT molecular complexity index is 648. The average Bonchev–Trinajstić information content (AvgIpc) is 2.76. The number of nitrogens with one attached hydrogen (secondary N) is 1. The molecule has 1 aliphatic rings. The number of fused-ring (bicyclic) bond motifs is 2. The Hall–Kier alpha value is -1.35. The predicted molar refractivity (Wildman–Crippen MR) is 99.4 cm³/mol. The van der Waals surface area contributed by atoms with Gasteiger partial charge in [0.1, 0.15) is 5.60 Å². The summed E-state index contributed by atoms with van der Waals surface area (Å²) in [4.78, 5) is 1.54. The smallest absolute Gasteiger partial charge is 0.123 e. The van der Waals surface area contributed by atoms with Gasteiger partial charge in [0.05, 0.1) is 19.6 Å². The number of hydrogen-bond acceptors (Lipinski definition) is 1. The Morgan fingerprint density at radius 1 is 0.920 bits per heavy atom. The normalized spacial score (nSPS) is 16.4. The van der Waals surface area contributed by atoms with Gasteiger partial charge < -0.3 is 22.4 Å². The first-order valence-electron chi connectivity index (χ1n) is 9.33. The molecule has 0 saturated heterocycles. The van der Waals surface area contributed by atoms with Crippen LogP contribution in [-0.2, 0) is 18.4 Å². The molecule has 1 aliphatic carbocycles. The largest absolute Gasteiger partial charge is 1.00 e. The van der Waals surface area contributed by atoms with Gasteiger partial charge in [-0.3, -0.25) is 0 Å². The zero-order chi connectivity index (χ0) is 17.2. The molecule has 1 unspecified atom stereocenters. The van der Waals surface area contributed by atoms with Crippen LogP contribution in [0.5, 0.6) is 0 Å². The third kappa shape index (κ3) is 3.62. The second-order valence-corrected chi connectivity index (χ2v) is 7.14. The lowest BCUT2D eigenvalue weighted by molar-refractivity contribution is -0.900.